The number of aromatic amines is 2. The van der Waals surface area contributed by atoms with Crippen LogP contribution < -0.4 is 0 Å². The van der Waals surface area contributed by atoms with Crippen molar-refractivity contribution in [2.45, 2.75) is 62.3 Å². The number of halogens is 1. The molecule has 0 spiro atoms. The van der Waals surface area contributed by atoms with Crippen molar-refractivity contribution in [2.24, 2.45) is 0 Å². The van der Waals surface area contributed by atoms with Crippen LogP contribution in [-0.2, 0) is 0 Å². The Morgan fingerprint density at radius 2 is 0.635 bits per heavy atom. The number of hydrogen-bond acceptors (Lipinski definition) is 2. The molecule has 258 valence electrons. The standard InChI is InChI=1S/C47H43BrN4/c1-24-18-27(4)41(28(5)19-24)44-33-10-12-35(49-33)45(42-29(6)20-25(2)21-30(42)7)37-14-16-39(51-37)47(48)40-17-15-38(52-40)46(36-13-11-34(44)50-36)43-31(8)22-26(3)23-32(43)9/h10-23,49-50H,1-9H3. The van der Waals surface area contributed by atoms with Crippen LogP contribution in [0.1, 0.15) is 72.8 Å². The fourth-order valence-electron chi connectivity index (χ4n) is 8.69. The van der Waals surface area contributed by atoms with Crippen molar-refractivity contribution in [2.75, 3.05) is 0 Å². The molecule has 0 saturated heterocycles. The Kier molecular flexibility index (Phi) is 8.30. The lowest BCUT2D eigenvalue weighted by molar-refractivity contribution is 1.24. The molecular formula is C47H43BrN4. The molecule has 2 aliphatic heterocycles. The smallest absolute Gasteiger partial charge is 0.0801 e. The minimum Gasteiger partial charge on any atom is -0.354 e. The van der Waals surface area contributed by atoms with Crippen LogP contribution in [0, 0.1) is 62.3 Å². The van der Waals surface area contributed by atoms with Crippen molar-refractivity contribution in [3.8, 4) is 33.4 Å². The van der Waals surface area contributed by atoms with E-state index in [9.17, 15) is 0 Å². The molecule has 3 aromatic heterocycles. The summed E-state index contributed by atoms with van der Waals surface area (Å²) >= 11 is 3.93. The highest BCUT2D eigenvalue weighted by atomic mass is 79.9. The van der Waals surface area contributed by atoms with Crippen LogP contribution in [0.3, 0.4) is 0 Å². The van der Waals surface area contributed by atoms with Gasteiger partial charge in [-0.25, -0.2) is 9.97 Å². The van der Waals surface area contributed by atoms with E-state index in [2.05, 4.69) is 173 Å². The van der Waals surface area contributed by atoms with Crippen molar-refractivity contribution in [3.63, 3.8) is 0 Å². The van der Waals surface area contributed by atoms with E-state index < -0.39 is 0 Å². The Morgan fingerprint density at radius 1 is 0.365 bits per heavy atom. The average Bonchev–Trinajstić information content (AvgIpc) is 3.89. The Hall–Kier alpha value is -5.26. The van der Waals surface area contributed by atoms with Gasteiger partial charge in [0, 0.05) is 38.8 Å². The summed E-state index contributed by atoms with van der Waals surface area (Å²) in [4.78, 5) is 18.5. The molecule has 8 rings (SSSR count). The Morgan fingerprint density at radius 3 is 0.962 bits per heavy atom. The number of aromatic nitrogens is 4. The maximum Gasteiger partial charge on any atom is 0.0801 e. The summed E-state index contributed by atoms with van der Waals surface area (Å²) in [7, 11) is 0. The molecule has 0 atom stereocenters. The molecule has 0 radical (unpaired) electrons. The first-order chi connectivity index (χ1) is 24.9. The number of hydrogen-bond donors (Lipinski definition) is 2. The maximum absolute atomic E-state index is 5.29. The van der Waals surface area contributed by atoms with E-state index in [1.165, 1.54) is 66.8 Å². The van der Waals surface area contributed by atoms with Crippen molar-refractivity contribution < 1.29 is 0 Å². The van der Waals surface area contributed by atoms with Crippen molar-refractivity contribution in [1.29, 1.82) is 0 Å². The van der Waals surface area contributed by atoms with Crippen LogP contribution in [0.15, 0.2) is 65.1 Å². The largest absolute Gasteiger partial charge is 0.354 e. The summed E-state index contributed by atoms with van der Waals surface area (Å²) in [6.07, 6.45) is 8.47. The lowest BCUT2D eigenvalue weighted by Crippen LogP contribution is -1.95. The Balaban J connectivity index is 1.60. The lowest BCUT2D eigenvalue weighted by atomic mass is 9.92. The van der Waals surface area contributed by atoms with E-state index in [1.807, 2.05) is 0 Å². The summed E-state index contributed by atoms with van der Waals surface area (Å²) in [6.45, 7) is 19.8. The number of fused-ring (bicyclic) bond motifs is 8. The highest BCUT2D eigenvalue weighted by molar-refractivity contribution is 9.10. The molecule has 8 bridgehead atoms. The van der Waals surface area contributed by atoms with E-state index in [1.54, 1.807) is 0 Å². The quantitative estimate of drug-likeness (QED) is 0.189. The van der Waals surface area contributed by atoms with Gasteiger partial charge in [0.15, 0.2) is 0 Å². The third-order valence-electron chi connectivity index (χ3n) is 10.5. The van der Waals surface area contributed by atoms with Gasteiger partial charge in [0.25, 0.3) is 0 Å². The highest BCUT2D eigenvalue weighted by Crippen LogP contribution is 2.41. The predicted molar refractivity (Wildman–Crippen MR) is 225 cm³/mol. The molecule has 0 aliphatic carbocycles. The first kappa shape index (κ1) is 33.9. The number of rotatable bonds is 3. The zero-order valence-corrected chi connectivity index (χ0v) is 32.9. The maximum atomic E-state index is 5.29. The topological polar surface area (TPSA) is 57.4 Å². The van der Waals surface area contributed by atoms with Crippen molar-refractivity contribution >= 4 is 62.3 Å². The summed E-state index contributed by atoms with van der Waals surface area (Å²) in [6, 6.07) is 22.5. The molecule has 3 aromatic carbocycles. The normalized spacial score (nSPS) is 12.3. The molecule has 52 heavy (non-hydrogen) atoms. The zero-order valence-electron chi connectivity index (χ0n) is 31.4. The fraction of sp³-hybridized carbons (Fsp3) is 0.191. The van der Waals surface area contributed by atoms with Gasteiger partial charge in [-0.05, 0) is 177 Å². The molecule has 4 nitrogen and oxygen atoms in total. The van der Waals surface area contributed by atoms with Gasteiger partial charge in [0.2, 0.25) is 0 Å². The fourth-order valence-corrected chi connectivity index (χ4v) is 9.13. The monoisotopic (exact) mass is 742 g/mol. The van der Waals surface area contributed by atoms with E-state index in [0.717, 1.165) is 66.0 Å². The molecule has 6 aromatic rings. The van der Waals surface area contributed by atoms with Crippen molar-refractivity contribution in [3.05, 3.63) is 138 Å². The molecule has 2 aliphatic rings. The third-order valence-corrected chi connectivity index (χ3v) is 11.3. The van der Waals surface area contributed by atoms with Gasteiger partial charge in [-0.2, -0.15) is 0 Å². The van der Waals surface area contributed by atoms with Gasteiger partial charge < -0.3 is 9.97 Å². The van der Waals surface area contributed by atoms with E-state index in [4.69, 9.17) is 9.97 Å². The average molecular weight is 744 g/mol. The lowest BCUT2D eigenvalue weighted by Gasteiger charge is -2.14. The number of nitrogens with one attached hydrogen (secondary N) is 2. The van der Waals surface area contributed by atoms with E-state index in [-0.39, 0.29) is 0 Å². The molecule has 0 saturated carbocycles. The van der Waals surface area contributed by atoms with Crippen LogP contribution >= 0.6 is 15.9 Å². The molecule has 5 heterocycles. The SMILES string of the molecule is Cc1cc(C)c(-c2c3nc(c(Br)c4nc(c(-c5c(C)cc(C)cc5C)c5ccc([nH]5)c(-c5c(C)cc(C)cc5C)c5ccc2[nH]5)C=C4)C=C3)c(C)c1. The van der Waals surface area contributed by atoms with Gasteiger partial charge in [0.1, 0.15) is 0 Å². The van der Waals surface area contributed by atoms with Gasteiger partial charge in [0.05, 0.1) is 27.2 Å². The number of nitrogens with zero attached hydrogens (tertiary/aromatic N) is 2. The first-order valence-corrected chi connectivity index (χ1v) is 18.7. The van der Waals surface area contributed by atoms with Crippen molar-refractivity contribution in [1.82, 2.24) is 19.9 Å². The van der Waals surface area contributed by atoms with E-state index >= 15 is 0 Å². The number of H-pyrrole nitrogens is 2. The summed E-state index contributed by atoms with van der Waals surface area (Å²) < 4.78 is 0.866. The molecule has 0 unspecified atom stereocenters. The Bertz CT molecular complexity index is 2510. The minimum absolute atomic E-state index is 0.850. The zero-order chi connectivity index (χ0) is 36.6. The second kappa shape index (κ2) is 12.8. The Labute approximate surface area is 314 Å². The van der Waals surface area contributed by atoms with Crippen LogP contribution in [0.25, 0.3) is 79.8 Å². The molecule has 5 heteroatoms. The minimum atomic E-state index is 0.850. The van der Waals surface area contributed by atoms with Crippen LogP contribution in [0.2, 0.25) is 0 Å². The second-order valence-electron chi connectivity index (χ2n) is 14.8. The number of benzene rings is 3. The van der Waals surface area contributed by atoms with Gasteiger partial charge in [-0.15, -0.1) is 0 Å². The summed E-state index contributed by atoms with van der Waals surface area (Å²) in [5.41, 5.74) is 25.7. The highest BCUT2D eigenvalue weighted by Gasteiger charge is 2.21. The molecule has 0 amide bonds. The number of aryl methyl sites for hydroxylation is 9. The van der Waals surface area contributed by atoms with Crippen LogP contribution in [0.5, 0.6) is 0 Å². The predicted octanol–water partition coefficient (Wildman–Crippen LogP) is 13.2. The van der Waals surface area contributed by atoms with Gasteiger partial charge >= 0.3 is 0 Å². The summed E-state index contributed by atoms with van der Waals surface area (Å²) in [5.74, 6) is 0. The van der Waals surface area contributed by atoms with Crippen LogP contribution in [0.4, 0.5) is 0 Å². The molecule has 0 fully saturated rings. The van der Waals surface area contributed by atoms with Gasteiger partial charge in [-0.3, -0.25) is 0 Å². The van der Waals surface area contributed by atoms with Gasteiger partial charge in [-0.1, -0.05) is 53.1 Å². The molecular weight excluding hydrogens is 700 g/mol. The van der Waals surface area contributed by atoms with E-state index in [0.29, 0.717) is 0 Å². The van der Waals surface area contributed by atoms with Crippen LogP contribution in [-0.4, -0.2) is 19.9 Å². The third kappa shape index (κ3) is 5.68. The second-order valence-corrected chi connectivity index (χ2v) is 15.6. The summed E-state index contributed by atoms with van der Waals surface area (Å²) in [5, 5.41) is 0. The molecule has 2 N–H and O–H groups in total. The first-order valence-electron chi connectivity index (χ1n) is 17.9.